The molecule has 0 aliphatic heterocycles. The highest BCUT2D eigenvalue weighted by atomic mass is 35.5. The van der Waals surface area contributed by atoms with Gasteiger partial charge >= 0.3 is 0 Å². The van der Waals surface area contributed by atoms with E-state index in [0.29, 0.717) is 12.0 Å². The Labute approximate surface area is 128 Å². The number of hydrogen-bond donors (Lipinski definition) is 1. The van der Waals surface area contributed by atoms with E-state index in [1.807, 2.05) is 12.1 Å². The Bertz CT molecular complexity index is 587. The molecular weight excluding hydrogens is 297 g/mol. The van der Waals surface area contributed by atoms with Crippen LogP contribution in [0.15, 0.2) is 12.1 Å². The van der Waals surface area contributed by atoms with Crippen molar-refractivity contribution in [1.82, 2.24) is 5.32 Å². The van der Waals surface area contributed by atoms with Crippen molar-refractivity contribution in [2.75, 3.05) is 0 Å². The molecule has 1 nitrogen and oxygen atoms in total. The van der Waals surface area contributed by atoms with Gasteiger partial charge < -0.3 is 5.32 Å². The summed E-state index contributed by atoms with van der Waals surface area (Å²) in [5.74, 6) is 0.439. The van der Waals surface area contributed by atoms with Crippen LogP contribution in [0, 0.1) is 0 Å². The quantitative estimate of drug-likeness (QED) is 0.748. The van der Waals surface area contributed by atoms with E-state index in [2.05, 4.69) is 33.0 Å². The Balaban J connectivity index is 2.60. The van der Waals surface area contributed by atoms with Gasteiger partial charge in [0, 0.05) is 27.9 Å². The fourth-order valence-electron chi connectivity index (χ4n) is 2.24. The van der Waals surface area contributed by atoms with Gasteiger partial charge in [-0.3, -0.25) is 0 Å². The molecule has 0 aliphatic carbocycles. The summed E-state index contributed by atoms with van der Waals surface area (Å²) >= 11 is 14.5. The average Bonchev–Trinajstić information content (AvgIpc) is 2.72. The highest BCUT2D eigenvalue weighted by Gasteiger charge is 2.19. The minimum Gasteiger partial charge on any atom is -0.310 e. The van der Waals surface area contributed by atoms with Crippen LogP contribution in [-0.2, 0) is 6.54 Å². The highest BCUT2D eigenvalue weighted by molar-refractivity contribution is 7.20. The van der Waals surface area contributed by atoms with E-state index in [9.17, 15) is 0 Å². The van der Waals surface area contributed by atoms with Gasteiger partial charge in [-0.2, -0.15) is 0 Å². The Morgan fingerprint density at radius 1 is 1.11 bits per heavy atom. The summed E-state index contributed by atoms with van der Waals surface area (Å²) in [5, 5.41) is 6.21. The van der Waals surface area contributed by atoms with Crippen molar-refractivity contribution in [1.29, 1.82) is 0 Å². The van der Waals surface area contributed by atoms with Crippen LogP contribution in [0.2, 0.25) is 10.0 Å². The Morgan fingerprint density at radius 3 is 2.32 bits per heavy atom. The van der Waals surface area contributed by atoms with Crippen molar-refractivity contribution in [3.05, 3.63) is 32.6 Å². The molecule has 1 aromatic heterocycles. The van der Waals surface area contributed by atoms with Gasteiger partial charge in [0.15, 0.2) is 0 Å². The minimum atomic E-state index is 0.439. The molecule has 0 radical (unpaired) electrons. The maximum Gasteiger partial charge on any atom is 0.0585 e. The normalized spacial score (nSPS) is 12.0. The second-order valence-corrected chi connectivity index (χ2v) is 7.28. The first kappa shape index (κ1) is 15.1. The first-order chi connectivity index (χ1) is 8.91. The van der Waals surface area contributed by atoms with Crippen LogP contribution in [0.5, 0.6) is 0 Å². The molecule has 0 fully saturated rings. The molecule has 0 unspecified atom stereocenters. The second kappa shape index (κ2) is 6.01. The van der Waals surface area contributed by atoms with Crippen LogP contribution < -0.4 is 5.32 Å². The summed E-state index contributed by atoms with van der Waals surface area (Å²) in [4.78, 5) is 1.34. The molecule has 1 heterocycles. The van der Waals surface area contributed by atoms with Crippen molar-refractivity contribution in [3.8, 4) is 0 Å². The van der Waals surface area contributed by atoms with Crippen molar-refractivity contribution >= 4 is 44.6 Å². The molecule has 104 valence electrons. The summed E-state index contributed by atoms with van der Waals surface area (Å²) in [5.41, 5.74) is 1.33. The van der Waals surface area contributed by atoms with Crippen molar-refractivity contribution < 1.29 is 0 Å². The molecule has 2 aromatic rings. The SMILES string of the molecule is CC(C)NCc1sc2c(Cl)ccc(Cl)c2c1C(C)C. The van der Waals surface area contributed by atoms with E-state index in [4.69, 9.17) is 23.2 Å². The van der Waals surface area contributed by atoms with Crippen molar-refractivity contribution in [2.45, 2.75) is 46.2 Å². The first-order valence-electron chi connectivity index (χ1n) is 6.54. The van der Waals surface area contributed by atoms with E-state index >= 15 is 0 Å². The van der Waals surface area contributed by atoms with Gasteiger partial charge in [-0.05, 0) is 23.6 Å². The minimum absolute atomic E-state index is 0.439. The predicted octanol–water partition coefficient (Wildman–Crippen LogP) is 5.83. The van der Waals surface area contributed by atoms with Crippen LogP contribution >= 0.6 is 34.5 Å². The Morgan fingerprint density at radius 2 is 1.74 bits per heavy atom. The largest absolute Gasteiger partial charge is 0.310 e. The molecule has 1 aromatic carbocycles. The third-order valence-corrected chi connectivity index (χ3v) is 5.08. The number of thiophene rings is 1. The zero-order chi connectivity index (χ0) is 14.2. The fourth-order valence-corrected chi connectivity index (χ4v) is 4.17. The van der Waals surface area contributed by atoms with E-state index in [1.165, 1.54) is 10.4 Å². The smallest absolute Gasteiger partial charge is 0.0585 e. The lowest BCUT2D eigenvalue weighted by atomic mass is 9.99. The van der Waals surface area contributed by atoms with Gasteiger partial charge in [0.2, 0.25) is 0 Å². The number of hydrogen-bond acceptors (Lipinski definition) is 2. The highest BCUT2D eigenvalue weighted by Crippen LogP contribution is 2.43. The summed E-state index contributed by atoms with van der Waals surface area (Å²) in [6.07, 6.45) is 0. The standard InChI is InChI=1S/C15H19Cl2NS/c1-8(2)13-12(7-18-9(3)4)19-15-11(17)6-5-10(16)14(13)15/h5-6,8-9,18H,7H2,1-4H3. The van der Waals surface area contributed by atoms with Gasteiger partial charge in [-0.25, -0.2) is 0 Å². The zero-order valence-corrected chi connectivity index (χ0v) is 14.0. The maximum atomic E-state index is 6.38. The van der Waals surface area contributed by atoms with E-state index in [1.54, 1.807) is 11.3 Å². The van der Waals surface area contributed by atoms with Crippen molar-refractivity contribution in [3.63, 3.8) is 0 Å². The van der Waals surface area contributed by atoms with Gasteiger partial charge in [0.1, 0.15) is 0 Å². The van der Waals surface area contributed by atoms with Crippen LogP contribution in [0.1, 0.15) is 44.1 Å². The summed E-state index contributed by atoms with van der Waals surface area (Å²) in [6.45, 7) is 9.59. The molecule has 0 aliphatic rings. The van der Waals surface area contributed by atoms with E-state index in [0.717, 1.165) is 26.7 Å². The van der Waals surface area contributed by atoms with Gasteiger partial charge in [-0.15, -0.1) is 11.3 Å². The average molecular weight is 316 g/mol. The molecule has 0 bridgehead atoms. The van der Waals surface area contributed by atoms with Gasteiger partial charge in [0.25, 0.3) is 0 Å². The number of benzene rings is 1. The molecule has 0 saturated heterocycles. The third-order valence-electron chi connectivity index (χ3n) is 3.10. The molecule has 1 N–H and O–H groups in total. The molecular formula is C15H19Cl2NS. The lowest BCUT2D eigenvalue weighted by molar-refractivity contribution is 0.590. The lowest BCUT2D eigenvalue weighted by Gasteiger charge is -2.11. The zero-order valence-electron chi connectivity index (χ0n) is 11.7. The summed E-state index contributed by atoms with van der Waals surface area (Å²) in [7, 11) is 0. The molecule has 4 heteroatoms. The van der Waals surface area contributed by atoms with Crippen molar-refractivity contribution in [2.24, 2.45) is 0 Å². The van der Waals surface area contributed by atoms with Crippen LogP contribution in [0.3, 0.4) is 0 Å². The molecule has 0 saturated carbocycles. The first-order valence-corrected chi connectivity index (χ1v) is 8.11. The topological polar surface area (TPSA) is 12.0 Å². The Hall–Kier alpha value is -0.280. The van der Waals surface area contributed by atoms with Crippen LogP contribution in [-0.4, -0.2) is 6.04 Å². The monoisotopic (exact) mass is 315 g/mol. The number of halogens is 2. The van der Waals surface area contributed by atoms with Gasteiger partial charge in [0.05, 0.1) is 9.72 Å². The van der Waals surface area contributed by atoms with E-state index in [-0.39, 0.29) is 0 Å². The van der Waals surface area contributed by atoms with Crippen LogP contribution in [0.4, 0.5) is 0 Å². The van der Waals surface area contributed by atoms with Gasteiger partial charge in [-0.1, -0.05) is 50.9 Å². The second-order valence-electron chi connectivity index (χ2n) is 5.36. The van der Waals surface area contributed by atoms with Crippen LogP contribution in [0.25, 0.3) is 10.1 Å². The summed E-state index contributed by atoms with van der Waals surface area (Å²) < 4.78 is 1.11. The third kappa shape index (κ3) is 3.08. The Kier molecular flexibility index (Phi) is 4.78. The molecule has 2 rings (SSSR count). The molecule has 0 amide bonds. The lowest BCUT2D eigenvalue weighted by Crippen LogP contribution is -2.21. The number of rotatable bonds is 4. The predicted molar refractivity (Wildman–Crippen MR) is 87.9 cm³/mol. The molecule has 0 spiro atoms. The van der Waals surface area contributed by atoms with E-state index < -0.39 is 0 Å². The number of fused-ring (bicyclic) bond motifs is 1. The summed E-state index contributed by atoms with van der Waals surface area (Å²) in [6, 6.07) is 4.24. The molecule has 19 heavy (non-hydrogen) atoms. The number of nitrogens with one attached hydrogen (secondary N) is 1. The maximum absolute atomic E-state index is 6.38. The fraction of sp³-hybridized carbons (Fsp3) is 0.467. The molecule has 0 atom stereocenters.